The zero-order chi connectivity index (χ0) is 13.8. The van der Waals surface area contributed by atoms with Crippen LogP contribution < -0.4 is 0 Å². The Hall–Kier alpha value is -1.57. The Morgan fingerprint density at radius 1 is 1.39 bits per heavy atom. The number of carbonyl (C=O) groups excluding carboxylic acids is 1. The van der Waals surface area contributed by atoms with Gasteiger partial charge in [0.05, 0.1) is 11.5 Å². The van der Waals surface area contributed by atoms with Gasteiger partial charge in [-0.2, -0.15) is 5.26 Å². The molecule has 0 spiro atoms. The van der Waals surface area contributed by atoms with Crippen molar-refractivity contribution in [2.24, 2.45) is 5.41 Å². The van der Waals surface area contributed by atoms with Crippen molar-refractivity contribution in [2.75, 3.05) is 6.54 Å². The van der Waals surface area contributed by atoms with Crippen molar-refractivity contribution in [1.82, 2.24) is 4.90 Å². The van der Waals surface area contributed by atoms with Gasteiger partial charge in [-0.15, -0.1) is 0 Å². The first-order chi connectivity index (χ1) is 8.35. The second-order valence-electron chi connectivity index (χ2n) is 5.53. The lowest BCUT2D eigenvalue weighted by molar-refractivity contribution is -0.146. The van der Waals surface area contributed by atoms with Crippen LogP contribution in [-0.2, 0) is 9.59 Å². The number of carboxylic acids is 1. The first kappa shape index (κ1) is 14.5. The van der Waals surface area contributed by atoms with Gasteiger partial charge in [-0.1, -0.05) is 12.8 Å². The van der Waals surface area contributed by atoms with Crippen LogP contribution in [0.25, 0.3) is 0 Å². The molecular formula is C13H20N2O3. The fraction of sp³-hybridized carbons (Fsp3) is 0.769. The Kier molecular flexibility index (Phi) is 4.71. The van der Waals surface area contributed by atoms with Crippen LogP contribution in [-0.4, -0.2) is 34.5 Å². The molecule has 0 heterocycles. The number of amides is 1. The number of aliphatic carboxylic acids is 1. The van der Waals surface area contributed by atoms with Crippen LogP contribution in [0.1, 0.15) is 46.0 Å². The van der Waals surface area contributed by atoms with E-state index in [0.29, 0.717) is 0 Å². The molecule has 5 heteroatoms. The van der Waals surface area contributed by atoms with Crippen LogP contribution in [0.5, 0.6) is 0 Å². The normalized spacial score (nSPS) is 16.3. The Bertz CT molecular complexity index is 365. The SMILES string of the molecule is CC(C)(C#N)CC(=O)N(CC(=O)O)C1CCCC1. The minimum Gasteiger partial charge on any atom is -0.480 e. The van der Waals surface area contributed by atoms with Gasteiger partial charge in [0, 0.05) is 12.5 Å². The summed E-state index contributed by atoms with van der Waals surface area (Å²) in [6, 6.07) is 2.11. The number of carboxylic acid groups (broad SMARTS) is 1. The maximum atomic E-state index is 12.2. The fourth-order valence-corrected chi connectivity index (χ4v) is 2.30. The third kappa shape index (κ3) is 4.02. The summed E-state index contributed by atoms with van der Waals surface area (Å²) in [6.45, 7) is 3.13. The summed E-state index contributed by atoms with van der Waals surface area (Å²) in [5, 5.41) is 17.8. The van der Waals surface area contributed by atoms with Crippen LogP contribution >= 0.6 is 0 Å². The number of rotatable bonds is 5. The number of hydrogen-bond donors (Lipinski definition) is 1. The van der Waals surface area contributed by atoms with E-state index in [1.165, 1.54) is 4.90 Å². The minimum absolute atomic E-state index is 0.0306. The van der Waals surface area contributed by atoms with E-state index in [1.807, 2.05) is 0 Å². The first-order valence-corrected chi connectivity index (χ1v) is 6.28. The molecule has 1 fully saturated rings. The zero-order valence-corrected chi connectivity index (χ0v) is 11.0. The molecule has 0 unspecified atom stereocenters. The first-order valence-electron chi connectivity index (χ1n) is 6.28. The second kappa shape index (κ2) is 5.85. The number of nitrogens with zero attached hydrogens (tertiary/aromatic N) is 2. The lowest BCUT2D eigenvalue weighted by Gasteiger charge is -2.29. The Morgan fingerprint density at radius 2 is 1.94 bits per heavy atom. The predicted molar refractivity (Wildman–Crippen MR) is 65.6 cm³/mol. The van der Waals surface area contributed by atoms with E-state index in [-0.39, 0.29) is 24.9 Å². The average Bonchev–Trinajstić information content (AvgIpc) is 2.78. The third-order valence-electron chi connectivity index (χ3n) is 3.29. The van der Waals surface area contributed by atoms with Crippen molar-refractivity contribution >= 4 is 11.9 Å². The van der Waals surface area contributed by atoms with Crippen LogP contribution in [0.4, 0.5) is 0 Å². The molecule has 0 saturated heterocycles. The molecule has 1 amide bonds. The van der Waals surface area contributed by atoms with Crippen molar-refractivity contribution in [2.45, 2.75) is 52.0 Å². The molecule has 0 aromatic rings. The molecule has 1 N–H and O–H groups in total. The third-order valence-corrected chi connectivity index (χ3v) is 3.29. The molecule has 5 nitrogen and oxygen atoms in total. The van der Waals surface area contributed by atoms with E-state index in [1.54, 1.807) is 13.8 Å². The summed E-state index contributed by atoms with van der Waals surface area (Å²) in [5.41, 5.74) is -0.744. The standard InChI is InChI=1S/C13H20N2O3/c1-13(2,9-14)7-11(16)15(8-12(17)18)10-5-3-4-6-10/h10H,3-8H2,1-2H3,(H,17,18). The van der Waals surface area contributed by atoms with Crippen LogP contribution in [0, 0.1) is 16.7 Å². The highest BCUT2D eigenvalue weighted by Gasteiger charge is 2.31. The smallest absolute Gasteiger partial charge is 0.323 e. The lowest BCUT2D eigenvalue weighted by atomic mass is 9.90. The van der Waals surface area contributed by atoms with E-state index in [4.69, 9.17) is 10.4 Å². The zero-order valence-electron chi connectivity index (χ0n) is 11.0. The topological polar surface area (TPSA) is 81.4 Å². The van der Waals surface area contributed by atoms with E-state index < -0.39 is 11.4 Å². The van der Waals surface area contributed by atoms with Gasteiger partial charge in [0.2, 0.25) is 5.91 Å². The molecule has 1 aliphatic carbocycles. The Morgan fingerprint density at radius 3 is 2.39 bits per heavy atom. The molecule has 1 aliphatic rings. The molecule has 0 aromatic carbocycles. The molecule has 1 rings (SSSR count). The van der Waals surface area contributed by atoms with Crippen molar-refractivity contribution in [3.05, 3.63) is 0 Å². The van der Waals surface area contributed by atoms with Gasteiger partial charge < -0.3 is 10.0 Å². The lowest BCUT2D eigenvalue weighted by Crippen LogP contribution is -2.43. The van der Waals surface area contributed by atoms with Gasteiger partial charge in [-0.25, -0.2) is 0 Å². The molecular weight excluding hydrogens is 232 g/mol. The number of hydrogen-bond acceptors (Lipinski definition) is 3. The highest BCUT2D eigenvalue weighted by atomic mass is 16.4. The molecule has 0 aliphatic heterocycles. The van der Waals surface area contributed by atoms with Crippen LogP contribution in [0.2, 0.25) is 0 Å². The molecule has 18 heavy (non-hydrogen) atoms. The second-order valence-corrected chi connectivity index (χ2v) is 5.53. The monoisotopic (exact) mass is 252 g/mol. The van der Waals surface area contributed by atoms with Crippen molar-refractivity contribution in [1.29, 1.82) is 5.26 Å². The van der Waals surface area contributed by atoms with E-state index in [2.05, 4.69) is 6.07 Å². The van der Waals surface area contributed by atoms with Gasteiger partial charge >= 0.3 is 5.97 Å². The van der Waals surface area contributed by atoms with Crippen molar-refractivity contribution in [3.63, 3.8) is 0 Å². The summed E-state index contributed by atoms with van der Waals surface area (Å²) in [6.07, 6.45) is 3.89. The average molecular weight is 252 g/mol. The number of carbonyl (C=O) groups is 2. The molecule has 0 radical (unpaired) electrons. The van der Waals surface area contributed by atoms with Crippen LogP contribution in [0.15, 0.2) is 0 Å². The van der Waals surface area contributed by atoms with Crippen molar-refractivity contribution in [3.8, 4) is 6.07 Å². The molecule has 1 saturated carbocycles. The van der Waals surface area contributed by atoms with Gasteiger partial charge in [-0.05, 0) is 26.7 Å². The van der Waals surface area contributed by atoms with Gasteiger partial charge in [0.15, 0.2) is 0 Å². The Balaban J connectivity index is 2.73. The van der Waals surface area contributed by atoms with E-state index in [0.717, 1.165) is 25.7 Å². The fourth-order valence-electron chi connectivity index (χ4n) is 2.30. The molecule has 0 aromatic heterocycles. The maximum absolute atomic E-state index is 12.2. The summed E-state index contributed by atoms with van der Waals surface area (Å²) in [5.74, 6) is -1.22. The van der Waals surface area contributed by atoms with Crippen molar-refractivity contribution < 1.29 is 14.7 Å². The quantitative estimate of drug-likeness (QED) is 0.808. The summed E-state index contributed by atoms with van der Waals surface area (Å²) in [4.78, 5) is 24.4. The molecule has 100 valence electrons. The highest BCUT2D eigenvalue weighted by Crippen LogP contribution is 2.26. The highest BCUT2D eigenvalue weighted by molar-refractivity contribution is 5.82. The molecule has 0 bridgehead atoms. The van der Waals surface area contributed by atoms with Gasteiger partial charge in [-0.3, -0.25) is 9.59 Å². The van der Waals surface area contributed by atoms with E-state index in [9.17, 15) is 9.59 Å². The van der Waals surface area contributed by atoms with Gasteiger partial charge in [0.1, 0.15) is 6.54 Å². The van der Waals surface area contributed by atoms with Gasteiger partial charge in [0.25, 0.3) is 0 Å². The minimum atomic E-state index is -0.995. The summed E-state index contributed by atoms with van der Waals surface area (Å²) < 4.78 is 0. The van der Waals surface area contributed by atoms with Crippen LogP contribution in [0.3, 0.4) is 0 Å². The summed E-state index contributed by atoms with van der Waals surface area (Å²) >= 11 is 0. The maximum Gasteiger partial charge on any atom is 0.323 e. The Labute approximate surface area is 107 Å². The largest absolute Gasteiger partial charge is 0.480 e. The predicted octanol–water partition coefficient (Wildman–Crippen LogP) is 1.78. The van der Waals surface area contributed by atoms with E-state index >= 15 is 0 Å². The number of nitriles is 1. The molecule has 0 atom stereocenters. The summed E-state index contributed by atoms with van der Waals surface area (Å²) in [7, 11) is 0.